The van der Waals surface area contributed by atoms with Gasteiger partial charge in [0.1, 0.15) is 10.6 Å². The first-order valence-electron chi connectivity index (χ1n) is 10.8. The van der Waals surface area contributed by atoms with E-state index < -0.39 is 20.0 Å². The van der Waals surface area contributed by atoms with Gasteiger partial charge in [0.25, 0.3) is 0 Å². The van der Waals surface area contributed by atoms with Crippen molar-refractivity contribution in [3.63, 3.8) is 0 Å². The van der Waals surface area contributed by atoms with Crippen molar-refractivity contribution in [1.29, 1.82) is 0 Å². The molecule has 0 radical (unpaired) electrons. The zero-order valence-electron chi connectivity index (χ0n) is 19.3. The number of aromatic nitrogens is 1. The number of hydrogen-bond acceptors (Lipinski definition) is 5. The molecule has 0 unspecified atom stereocenters. The number of hydrogen-bond donors (Lipinski definition) is 0. The smallest absolute Gasteiger partial charge is 0.233 e. The van der Waals surface area contributed by atoms with Gasteiger partial charge in [0, 0.05) is 35.9 Å². The van der Waals surface area contributed by atoms with Crippen molar-refractivity contribution < 1.29 is 17.9 Å². The third-order valence-electron chi connectivity index (χ3n) is 5.98. The number of rotatable bonds is 5. The van der Waals surface area contributed by atoms with Crippen LogP contribution in [0.4, 0.5) is 5.82 Å². The Morgan fingerprint density at radius 3 is 2.22 bits per heavy atom. The summed E-state index contributed by atoms with van der Waals surface area (Å²) in [4.78, 5) is 19.5. The third kappa shape index (κ3) is 4.43. The van der Waals surface area contributed by atoms with Crippen LogP contribution in [0.2, 0.25) is 5.02 Å². The van der Waals surface area contributed by atoms with Crippen molar-refractivity contribution in [2.75, 3.05) is 24.7 Å². The molecule has 8 heteroatoms. The maximum Gasteiger partial charge on any atom is 0.233 e. The fourth-order valence-electron chi connectivity index (χ4n) is 4.22. The van der Waals surface area contributed by atoms with Gasteiger partial charge in [0.05, 0.1) is 4.90 Å². The van der Waals surface area contributed by atoms with E-state index in [0.29, 0.717) is 54.7 Å². The van der Waals surface area contributed by atoms with Crippen molar-refractivity contribution in [3.05, 3.63) is 52.7 Å². The lowest BCUT2D eigenvalue weighted by molar-refractivity contribution is -0.125. The van der Waals surface area contributed by atoms with E-state index in [1.807, 2.05) is 40.7 Å². The summed E-state index contributed by atoms with van der Waals surface area (Å²) in [7, 11) is -3.75. The number of halogens is 1. The van der Waals surface area contributed by atoms with Gasteiger partial charge in [-0.15, -0.1) is 0 Å². The molecule has 0 bridgehead atoms. The van der Waals surface area contributed by atoms with Crippen LogP contribution in [0, 0.1) is 12.3 Å². The number of pyridine rings is 1. The van der Waals surface area contributed by atoms with Crippen molar-refractivity contribution in [1.82, 2.24) is 4.98 Å². The Labute approximate surface area is 195 Å². The second-order valence-corrected chi connectivity index (χ2v) is 11.9. The number of sulfone groups is 1. The number of anilines is 1. The maximum absolute atomic E-state index is 13.9. The quantitative estimate of drug-likeness (QED) is 0.609. The van der Waals surface area contributed by atoms with Gasteiger partial charge in [-0.1, -0.05) is 38.4 Å². The fourth-order valence-corrected chi connectivity index (χ4v) is 6.50. The fraction of sp³-hybridized carbons (Fsp3) is 0.500. The van der Waals surface area contributed by atoms with Crippen LogP contribution in [0.5, 0.6) is 0 Å². The van der Waals surface area contributed by atoms with Crippen LogP contribution < -0.4 is 4.90 Å². The SMILES string of the molecule is CCN(C(=O)C(C)(C)C)c1ccc(C2(S(=O)(=O)c3ccc(Cl)cc3)CCOCC2)c(C)n1. The van der Waals surface area contributed by atoms with Crippen LogP contribution in [0.25, 0.3) is 0 Å². The Hall–Kier alpha value is -1.96. The molecule has 0 N–H and O–H groups in total. The van der Waals surface area contributed by atoms with Crippen LogP contribution >= 0.6 is 11.6 Å². The van der Waals surface area contributed by atoms with E-state index in [-0.39, 0.29) is 10.8 Å². The molecule has 1 saturated heterocycles. The van der Waals surface area contributed by atoms with E-state index in [1.165, 1.54) is 0 Å². The van der Waals surface area contributed by atoms with Crippen LogP contribution in [-0.4, -0.2) is 39.1 Å². The molecule has 2 heterocycles. The number of nitrogens with zero attached hydrogens (tertiary/aromatic N) is 2. The Balaban J connectivity index is 2.11. The molecular weight excluding hydrogens is 448 g/mol. The zero-order chi connectivity index (χ0) is 23.7. The van der Waals surface area contributed by atoms with Gasteiger partial charge in [-0.2, -0.15) is 0 Å². The molecule has 0 atom stereocenters. The van der Waals surface area contributed by atoms with Crippen LogP contribution in [0.15, 0.2) is 41.3 Å². The van der Waals surface area contributed by atoms with Gasteiger partial charge in [-0.25, -0.2) is 13.4 Å². The lowest BCUT2D eigenvalue weighted by Crippen LogP contribution is -2.43. The van der Waals surface area contributed by atoms with Crippen LogP contribution in [0.1, 0.15) is 51.8 Å². The topological polar surface area (TPSA) is 76.6 Å². The van der Waals surface area contributed by atoms with Gasteiger partial charge in [-0.3, -0.25) is 9.69 Å². The molecule has 0 saturated carbocycles. The van der Waals surface area contributed by atoms with Crippen molar-refractivity contribution in [2.24, 2.45) is 5.41 Å². The van der Waals surface area contributed by atoms with E-state index in [1.54, 1.807) is 35.2 Å². The highest BCUT2D eigenvalue weighted by Crippen LogP contribution is 2.45. The molecule has 0 spiro atoms. The molecule has 174 valence electrons. The van der Waals surface area contributed by atoms with E-state index >= 15 is 0 Å². The molecule has 1 aliphatic heterocycles. The average Bonchev–Trinajstić information content (AvgIpc) is 2.74. The normalized spacial score (nSPS) is 16.6. The molecular formula is C24H31ClN2O4S. The Morgan fingerprint density at radius 1 is 1.12 bits per heavy atom. The van der Waals surface area contributed by atoms with Gasteiger partial charge < -0.3 is 4.74 Å². The summed E-state index contributed by atoms with van der Waals surface area (Å²) < 4.78 is 32.2. The average molecular weight is 479 g/mol. The minimum absolute atomic E-state index is 0.0331. The molecule has 0 aliphatic carbocycles. The first-order chi connectivity index (χ1) is 14.9. The molecule has 3 rings (SSSR count). The highest BCUT2D eigenvalue weighted by Gasteiger charge is 2.48. The van der Waals surface area contributed by atoms with Crippen LogP contribution in [0.3, 0.4) is 0 Å². The number of ether oxygens (including phenoxy) is 1. The number of carbonyl (C=O) groups excluding carboxylic acids is 1. The van der Waals surface area contributed by atoms with Crippen LogP contribution in [-0.2, 0) is 24.1 Å². The lowest BCUT2D eigenvalue weighted by Gasteiger charge is -2.38. The molecule has 1 fully saturated rings. The van der Waals surface area contributed by atoms with E-state index in [0.717, 1.165) is 0 Å². The monoisotopic (exact) mass is 478 g/mol. The van der Waals surface area contributed by atoms with E-state index in [2.05, 4.69) is 0 Å². The highest BCUT2D eigenvalue weighted by atomic mass is 35.5. The Morgan fingerprint density at radius 2 is 1.72 bits per heavy atom. The molecule has 1 aromatic heterocycles. The molecule has 1 aliphatic rings. The zero-order valence-corrected chi connectivity index (χ0v) is 20.9. The predicted octanol–water partition coefficient (Wildman–Crippen LogP) is 4.92. The van der Waals surface area contributed by atoms with Crippen molar-refractivity contribution in [3.8, 4) is 0 Å². The minimum atomic E-state index is -3.75. The second-order valence-electron chi connectivity index (χ2n) is 9.17. The Kier molecular flexibility index (Phi) is 7.03. The van der Waals surface area contributed by atoms with E-state index in [4.69, 9.17) is 21.3 Å². The maximum atomic E-state index is 13.9. The van der Waals surface area contributed by atoms with Gasteiger partial charge in [0.2, 0.25) is 5.91 Å². The van der Waals surface area contributed by atoms with Gasteiger partial charge in [-0.05, 0) is 62.6 Å². The summed E-state index contributed by atoms with van der Waals surface area (Å²) in [6, 6.07) is 9.85. The Bertz CT molecular complexity index is 1090. The standard InChI is InChI=1S/C24H31ClN2O4S/c1-6-27(22(28)23(3,4)5)21-12-11-20(17(2)26-21)24(13-15-31-16-14-24)32(29,30)19-9-7-18(25)8-10-19/h7-12H,6,13-16H2,1-5H3. The van der Waals surface area contributed by atoms with Crippen molar-refractivity contribution in [2.45, 2.75) is 57.1 Å². The van der Waals surface area contributed by atoms with Crippen molar-refractivity contribution >= 4 is 33.2 Å². The number of carbonyl (C=O) groups is 1. The predicted molar refractivity (Wildman–Crippen MR) is 127 cm³/mol. The molecule has 6 nitrogen and oxygen atoms in total. The second kappa shape index (κ2) is 9.12. The summed E-state index contributed by atoms with van der Waals surface area (Å²) >= 11 is 5.99. The summed E-state index contributed by atoms with van der Waals surface area (Å²) in [5, 5.41) is 0.482. The highest BCUT2D eigenvalue weighted by molar-refractivity contribution is 7.92. The molecule has 1 amide bonds. The van der Waals surface area contributed by atoms with Gasteiger partial charge >= 0.3 is 0 Å². The molecule has 1 aromatic carbocycles. The summed E-state index contributed by atoms with van der Waals surface area (Å²) in [6.07, 6.45) is 0.663. The molecule has 2 aromatic rings. The number of amides is 1. The number of aryl methyl sites for hydroxylation is 1. The third-order valence-corrected chi connectivity index (χ3v) is 8.78. The first kappa shape index (κ1) is 24.7. The van der Waals surface area contributed by atoms with E-state index in [9.17, 15) is 13.2 Å². The summed E-state index contributed by atoms with van der Waals surface area (Å²) in [5.74, 6) is 0.494. The summed E-state index contributed by atoms with van der Waals surface area (Å²) in [5.41, 5.74) is 0.699. The lowest BCUT2D eigenvalue weighted by atomic mass is 9.89. The first-order valence-corrected chi connectivity index (χ1v) is 12.7. The number of benzene rings is 1. The largest absolute Gasteiger partial charge is 0.381 e. The molecule has 32 heavy (non-hydrogen) atoms. The van der Waals surface area contributed by atoms with Gasteiger partial charge in [0.15, 0.2) is 9.84 Å². The minimum Gasteiger partial charge on any atom is -0.381 e. The summed E-state index contributed by atoms with van der Waals surface area (Å²) in [6.45, 7) is 10.5.